The fraction of sp³-hybridized carbons (Fsp3) is 0.0400. The third-order valence-corrected chi connectivity index (χ3v) is 5.72. The lowest BCUT2D eigenvalue weighted by molar-refractivity contribution is 0.475. The first-order valence-corrected chi connectivity index (χ1v) is 10.4. The SMILES string of the molecule is Cc1sc(N=c2cc(-c3ccc(O)cc3)oc3ccccc23)nc1-c1ccccc1. The number of nitrogens with zero attached hydrogens (tertiary/aromatic N) is 2. The predicted octanol–water partition coefficient (Wildman–Crippen LogP) is 6.47. The Morgan fingerprint density at radius 3 is 2.40 bits per heavy atom. The summed E-state index contributed by atoms with van der Waals surface area (Å²) in [5.74, 6) is 0.903. The molecule has 0 saturated carbocycles. The highest BCUT2D eigenvalue weighted by atomic mass is 32.1. The number of hydrogen-bond acceptors (Lipinski definition) is 5. The Bertz CT molecular complexity index is 1400. The van der Waals surface area contributed by atoms with Crippen molar-refractivity contribution in [2.75, 3.05) is 0 Å². The van der Waals surface area contributed by atoms with E-state index in [1.54, 1.807) is 23.5 Å². The van der Waals surface area contributed by atoms with Crippen molar-refractivity contribution in [2.24, 2.45) is 4.99 Å². The van der Waals surface area contributed by atoms with E-state index in [0.29, 0.717) is 10.9 Å². The quantitative estimate of drug-likeness (QED) is 0.371. The number of fused-ring (bicyclic) bond motifs is 1. The molecule has 30 heavy (non-hydrogen) atoms. The molecule has 1 N–H and O–H groups in total. The predicted molar refractivity (Wildman–Crippen MR) is 121 cm³/mol. The molecule has 0 radical (unpaired) electrons. The maximum atomic E-state index is 9.59. The molecule has 2 heterocycles. The van der Waals surface area contributed by atoms with Gasteiger partial charge in [0.2, 0.25) is 5.13 Å². The van der Waals surface area contributed by atoms with E-state index >= 15 is 0 Å². The van der Waals surface area contributed by atoms with Crippen LogP contribution in [0.5, 0.6) is 5.75 Å². The van der Waals surface area contributed by atoms with Gasteiger partial charge in [-0.25, -0.2) is 9.98 Å². The van der Waals surface area contributed by atoms with E-state index in [-0.39, 0.29) is 5.75 Å². The summed E-state index contributed by atoms with van der Waals surface area (Å²) < 4.78 is 6.11. The number of para-hydroxylation sites is 1. The number of aromatic nitrogens is 1. The van der Waals surface area contributed by atoms with Crippen molar-refractivity contribution in [3.8, 4) is 28.3 Å². The van der Waals surface area contributed by atoms with Gasteiger partial charge in [-0.3, -0.25) is 0 Å². The molecule has 5 rings (SSSR count). The van der Waals surface area contributed by atoms with Gasteiger partial charge < -0.3 is 9.52 Å². The number of aryl methyl sites for hydroxylation is 1. The zero-order valence-electron chi connectivity index (χ0n) is 16.2. The van der Waals surface area contributed by atoms with Crippen molar-refractivity contribution in [1.29, 1.82) is 0 Å². The minimum Gasteiger partial charge on any atom is -0.508 e. The molecule has 0 unspecified atom stereocenters. The minimum absolute atomic E-state index is 0.219. The molecule has 4 nitrogen and oxygen atoms in total. The highest BCUT2D eigenvalue weighted by molar-refractivity contribution is 7.15. The Balaban J connectivity index is 1.68. The molecule has 3 aromatic carbocycles. The largest absolute Gasteiger partial charge is 0.508 e. The molecule has 5 heteroatoms. The van der Waals surface area contributed by atoms with Crippen molar-refractivity contribution in [1.82, 2.24) is 4.98 Å². The van der Waals surface area contributed by atoms with Crippen LogP contribution in [-0.4, -0.2) is 10.1 Å². The van der Waals surface area contributed by atoms with E-state index in [4.69, 9.17) is 14.4 Å². The van der Waals surface area contributed by atoms with Crippen LogP contribution in [0.25, 0.3) is 33.6 Å². The van der Waals surface area contributed by atoms with Crippen LogP contribution >= 0.6 is 11.3 Å². The molecule has 0 spiro atoms. The van der Waals surface area contributed by atoms with Gasteiger partial charge in [0.25, 0.3) is 0 Å². The third kappa shape index (κ3) is 3.51. The normalized spacial score (nSPS) is 11.8. The Morgan fingerprint density at radius 2 is 1.60 bits per heavy atom. The van der Waals surface area contributed by atoms with Gasteiger partial charge in [0.15, 0.2) is 0 Å². The first-order valence-electron chi connectivity index (χ1n) is 9.57. The molecule has 0 aliphatic carbocycles. The van der Waals surface area contributed by atoms with Crippen molar-refractivity contribution >= 4 is 27.4 Å². The fourth-order valence-corrected chi connectivity index (χ4v) is 4.19. The number of phenols is 1. The number of benzene rings is 3. The molecule has 0 aliphatic rings. The Kier molecular flexibility index (Phi) is 4.65. The van der Waals surface area contributed by atoms with E-state index in [0.717, 1.165) is 38.0 Å². The second-order valence-electron chi connectivity index (χ2n) is 6.92. The maximum Gasteiger partial charge on any atom is 0.210 e. The topological polar surface area (TPSA) is 58.6 Å². The Labute approximate surface area is 177 Å². The van der Waals surface area contributed by atoms with Crippen molar-refractivity contribution in [3.63, 3.8) is 0 Å². The van der Waals surface area contributed by atoms with Gasteiger partial charge >= 0.3 is 0 Å². The van der Waals surface area contributed by atoms with Gasteiger partial charge in [-0.15, -0.1) is 0 Å². The standard InChI is InChI=1S/C25H18N2O2S/c1-16-24(18-7-3-2-4-8-18)27-25(30-16)26-21-15-23(17-11-13-19(28)14-12-17)29-22-10-6-5-9-20(21)22/h2-15,28H,1H3. The second kappa shape index (κ2) is 7.61. The average molecular weight is 410 g/mol. The number of rotatable bonds is 3. The summed E-state index contributed by atoms with van der Waals surface area (Å²) in [5.41, 5.74) is 3.67. The molecule has 5 aromatic rings. The van der Waals surface area contributed by atoms with Crippen LogP contribution in [0.1, 0.15) is 4.88 Å². The van der Waals surface area contributed by atoms with Gasteiger partial charge in [0.05, 0.1) is 11.1 Å². The molecule has 0 bridgehead atoms. The molecule has 0 aliphatic heterocycles. The highest BCUT2D eigenvalue weighted by Gasteiger charge is 2.10. The molecule has 0 amide bonds. The molecule has 2 aromatic heterocycles. The fourth-order valence-electron chi connectivity index (χ4n) is 3.37. The summed E-state index contributed by atoms with van der Waals surface area (Å²) in [4.78, 5) is 10.8. The van der Waals surface area contributed by atoms with Crippen LogP contribution in [0, 0.1) is 6.92 Å². The number of thiazole rings is 1. The van der Waals surface area contributed by atoms with Crippen molar-refractivity contribution in [3.05, 3.63) is 95.2 Å². The molecular weight excluding hydrogens is 392 g/mol. The third-order valence-electron chi connectivity index (χ3n) is 4.85. The summed E-state index contributed by atoms with van der Waals surface area (Å²) in [6.45, 7) is 2.07. The first kappa shape index (κ1) is 18.3. The zero-order valence-corrected chi connectivity index (χ0v) is 17.1. The molecule has 146 valence electrons. The van der Waals surface area contributed by atoms with Gasteiger partial charge in [-0.2, -0.15) is 0 Å². The van der Waals surface area contributed by atoms with Crippen LogP contribution in [-0.2, 0) is 0 Å². The minimum atomic E-state index is 0.219. The Morgan fingerprint density at radius 1 is 0.867 bits per heavy atom. The summed E-state index contributed by atoms with van der Waals surface area (Å²) in [6.07, 6.45) is 0. The van der Waals surface area contributed by atoms with Crippen LogP contribution in [0.2, 0.25) is 0 Å². The molecular formula is C25H18N2O2S. The van der Waals surface area contributed by atoms with Gasteiger partial charge in [0, 0.05) is 27.5 Å². The summed E-state index contributed by atoms with van der Waals surface area (Å²) in [7, 11) is 0. The number of aromatic hydroxyl groups is 1. The van der Waals surface area contributed by atoms with Crippen LogP contribution in [0.3, 0.4) is 0 Å². The molecule has 0 atom stereocenters. The lowest BCUT2D eigenvalue weighted by Gasteiger charge is -2.05. The van der Waals surface area contributed by atoms with E-state index in [1.165, 1.54) is 0 Å². The van der Waals surface area contributed by atoms with Gasteiger partial charge in [-0.1, -0.05) is 53.8 Å². The van der Waals surface area contributed by atoms with Crippen LogP contribution < -0.4 is 5.36 Å². The van der Waals surface area contributed by atoms with E-state index in [9.17, 15) is 5.11 Å². The second-order valence-corrected chi connectivity index (χ2v) is 8.10. The number of phenolic OH excluding ortho intramolecular Hbond substituents is 1. The van der Waals surface area contributed by atoms with E-state index in [2.05, 4.69) is 19.1 Å². The average Bonchev–Trinajstić information content (AvgIpc) is 3.15. The first-order chi connectivity index (χ1) is 14.7. The molecule has 0 saturated heterocycles. The molecule has 0 fully saturated rings. The van der Waals surface area contributed by atoms with Gasteiger partial charge in [0.1, 0.15) is 17.1 Å². The highest BCUT2D eigenvalue weighted by Crippen LogP contribution is 2.32. The van der Waals surface area contributed by atoms with E-state index in [1.807, 2.05) is 60.7 Å². The maximum absolute atomic E-state index is 9.59. The Hall–Kier alpha value is -3.70. The van der Waals surface area contributed by atoms with E-state index < -0.39 is 0 Å². The summed E-state index contributed by atoms with van der Waals surface area (Å²) in [6, 6.07) is 26.9. The lowest BCUT2D eigenvalue weighted by Crippen LogP contribution is -2.02. The monoisotopic (exact) mass is 410 g/mol. The smallest absolute Gasteiger partial charge is 0.210 e. The summed E-state index contributed by atoms with van der Waals surface area (Å²) in [5, 5.41) is 12.0. The number of hydrogen-bond donors (Lipinski definition) is 1. The van der Waals surface area contributed by atoms with Crippen LogP contribution in [0.15, 0.2) is 94.3 Å². The van der Waals surface area contributed by atoms with Crippen molar-refractivity contribution < 1.29 is 9.52 Å². The van der Waals surface area contributed by atoms with Gasteiger partial charge in [-0.05, 0) is 43.3 Å². The lowest BCUT2D eigenvalue weighted by atomic mass is 10.1. The zero-order chi connectivity index (χ0) is 20.5. The summed E-state index contributed by atoms with van der Waals surface area (Å²) >= 11 is 1.57. The van der Waals surface area contributed by atoms with Crippen LogP contribution in [0.4, 0.5) is 5.13 Å². The van der Waals surface area contributed by atoms with Crippen molar-refractivity contribution in [2.45, 2.75) is 6.92 Å².